The number of furan rings is 1. The lowest BCUT2D eigenvalue weighted by Crippen LogP contribution is -2.12. The summed E-state index contributed by atoms with van der Waals surface area (Å²) in [6.45, 7) is 1.65. The first-order valence-electron chi connectivity index (χ1n) is 9.29. The summed E-state index contributed by atoms with van der Waals surface area (Å²) in [4.78, 5) is 12.8. The van der Waals surface area contributed by atoms with Gasteiger partial charge in [0.05, 0.1) is 19.1 Å². The number of hydrogen-bond acceptors (Lipinski definition) is 4. The average molecular weight is 387 g/mol. The van der Waals surface area contributed by atoms with Crippen molar-refractivity contribution < 1.29 is 19.1 Å². The number of fused-ring (bicyclic) bond motifs is 1. The van der Waals surface area contributed by atoms with Crippen LogP contribution in [0, 0.1) is 6.92 Å². The third-order valence-corrected chi connectivity index (χ3v) is 4.96. The highest BCUT2D eigenvalue weighted by Crippen LogP contribution is 2.36. The molecular formula is C24H21NO4. The molecule has 0 radical (unpaired) electrons. The third-order valence-electron chi connectivity index (χ3n) is 4.96. The minimum absolute atomic E-state index is 0.154. The van der Waals surface area contributed by atoms with Gasteiger partial charge in [0.1, 0.15) is 11.3 Å². The first kappa shape index (κ1) is 18.8. The normalized spacial score (nSPS) is 10.9. The number of carbonyl (C=O) groups is 1. The average Bonchev–Trinajstić information content (AvgIpc) is 3.11. The van der Waals surface area contributed by atoms with Crippen LogP contribution >= 0.6 is 0 Å². The highest BCUT2D eigenvalue weighted by Gasteiger charge is 2.22. The van der Waals surface area contributed by atoms with Gasteiger partial charge < -0.3 is 19.6 Å². The monoisotopic (exact) mass is 387 g/mol. The van der Waals surface area contributed by atoms with Crippen LogP contribution in [0.25, 0.3) is 22.1 Å². The fourth-order valence-corrected chi connectivity index (χ4v) is 3.49. The van der Waals surface area contributed by atoms with Crippen LogP contribution in [0.3, 0.4) is 0 Å². The van der Waals surface area contributed by atoms with Crippen LogP contribution in [-0.4, -0.2) is 18.1 Å². The Labute approximate surface area is 168 Å². The van der Waals surface area contributed by atoms with Crippen LogP contribution in [0.4, 0.5) is 5.69 Å². The fraction of sp³-hybridized carbons (Fsp3) is 0.125. The Morgan fingerprint density at radius 3 is 2.34 bits per heavy atom. The maximum atomic E-state index is 12.8. The number of hydrogen-bond donors (Lipinski definition) is 2. The summed E-state index contributed by atoms with van der Waals surface area (Å²) in [6.07, 6.45) is 0. The number of rotatable bonds is 5. The zero-order chi connectivity index (χ0) is 20.4. The molecule has 4 rings (SSSR count). The molecule has 1 aromatic heterocycles. The van der Waals surface area contributed by atoms with E-state index in [1.165, 1.54) is 7.11 Å². The topological polar surface area (TPSA) is 71.7 Å². The lowest BCUT2D eigenvalue weighted by atomic mass is 10.1. The Kier molecular flexibility index (Phi) is 5.06. The van der Waals surface area contributed by atoms with Crippen molar-refractivity contribution in [2.45, 2.75) is 13.5 Å². The van der Waals surface area contributed by atoms with Crippen molar-refractivity contribution in [3.63, 3.8) is 0 Å². The molecule has 0 saturated carbocycles. The molecule has 146 valence electrons. The molecule has 0 unspecified atom stereocenters. The molecule has 0 aliphatic rings. The predicted octanol–water partition coefficient (Wildman–Crippen LogP) is 5.16. The van der Waals surface area contributed by atoms with Crippen molar-refractivity contribution in [2.24, 2.45) is 0 Å². The van der Waals surface area contributed by atoms with Crippen molar-refractivity contribution >= 4 is 22.6 Å². The summed E-state index contributed by atoms with van der Waals surface area (Å²) in [5.41, 5.74) is 4.73. The number of aliphatic hydroxyl groups is 1. The number of carbonyl (C=O) groups excluding carboxylic acids is 1. The molecule has 0 aliphatic heterocycles. The van der Waals surface area contributed by atoms with Crippen molar-refractivity contribution in [1.29, 1.82) is 0 Å². The van der Waals surface area contributed by atoms with Crippen LogP contribution in [0.5, 0.6) is 5.75 Å². The quantitative estimate of drug-likeness (QED) is 0.496. The Hall–Kier alpha value is -3.57. The van der Waals surface area contributed by atoms with Gasteiger partial charge >= 0.3 is 0 Å². The van der Waals surface area contributed by atoms with Gasteiger partial charge in [-0.25, -0.2) is 0 Å². The molecular weight excluding hydrogens is 366 g/mol. The van der Waals surface area contributed by atoms with Crippen molar-refractivity contribution in [2.75, 3.05) is 12.4 Å². The van der Waals surface area contributed by atoms with Crippen molar-refractivity contribution in [1.82, 2.24) is 0 Å². The molecule has 5 heteroatoms. The van der Waals surface area contributed by atoms with Gasteiger partial charge in [-0.05, 0) is 42.3 Å². The van der Waals surface area contributed by atoms with Crippen LogP contribution < -0.4 is 10.1 Å². The maximum Gasteiger partial charge on any atom is 0.291 e. The molecule has 0 spiro atoms. The smallest absolute Gasteiger partial charge is 0.291 e. The van der Waals surface area contributed by atoms with E-state index in [2.05, 4.69) is 5.32 Å². The van der Waals surface area contributed by atoms with E-state index >= 15 is 0 Å². The van der Waals surface area contributed by atoms with Crippen LogP contribution in [0.2, 0.25) is 0 Å². The van der Waals surface area contributed by atoms with Crippen molar-refractivity contribution in [3.05, 3.63) is 83.6 Å². The Bertz CT molecular complexity index is 1160. The number of amides is 1. The number of methoxy groups -OCH3 is 1. The molecule has 29 heavy (non-hydrogen) atoms. The standard InChI is InChI=1S/C24H21NO4/c1-15-21-20(13-10-18(14-26)23(21)28-2)29-22(15)24(27)25-19-11-8-17(9-12-19)16-6-4-3-5-7-16/h3-13,26H,14H2,1-2H3,(H,25,27). The van der Waals surface area contributed by atoms with Crippen LogP contribution in [0.1, 0.15) is 21.7 Å². The summed E-state index contributed by atoms with van der Waals surface area (Å²) < 4.78 is 11.2. The highest BCUT2D eigenvalue weighted by molar-refractivity contribution is 6.07. The molecule has 0 aliphatic carbocycles. The van der Waals surface area contributed by atoms with E-state index in [1.54, 1.807) is 12.1 Å². The molecule has 2 N–H and O–H groups in total. The van der Waals surface area contributed by atoms with Gasteiger partial charge in [-0.3, -0.25) is 4.79 Å². The minimum atomic E-state index is -0.334. The second-order valence-corrected chi connectivity index (χ2v) is 6.74. The number of anilines is 1. The lowest BCUT2D eigenvalue weighted by Gasteiger charge is -2.07. The maximum absolute atomic E-state index is 12.8. The van der Waals surface area contributed by atoms with E-state index in [9.17, 15) is 9.90 Å². The number of aryl methyl sites for hydroxylation is 1. The predicted molar refractivity (Wildman–Crippen MR) is 113 cm³/mol. The van der Waals surface area contributed by atoms with Gasteiger partial charge in [0.2, 0.25) is 0 Å². The summed E-state index contributed by atoms with van der Waals surface area (Å²) in [5.74, 6) is 0.414. The van der Waals surface area contributed by atoms with E-state index in [0.717, 1.165) is 11.1 Å². The van der Waals surface area contributed by atoms with Gasteiger partial charge in [0.15, 0.2) is 5.76 Å². The van der Waals surface area contributed by atoms with Gasteiger partial charge in [0.25, 0.3) is 5.91 Å². The largest absolute Gasteiger partial charge is 0.496 e. The Morgan fingerprint density at radius 1 is 1.00 bits per heavy atom. The van der Waals surface area contributed by atoms with E-state index < -0.39 is 0 Å². The van der Waals surface area contributed by atoms with E-state index in [1.807, 2.05) is 61.5 Å². The zero-order valence-electron chi connectivity index (χ0n) is 16.2. The van der Waals surface area contributed by atoms with Crippen LogP contribution in [-0.2, 0) is 6.61 Å². The molecule has 1 heterocycles. The lowest BCUT2D eigenvalue weighted by molar-refractivity contribution is 0.0998. The van der Waals surface area contributed by atoms with Gasteiger partial charge in [-0.15, -0.1) is 0 Å². The van der Waals surface area contributed by atoms with Gasteiger partial charge in [-0.1, -0.05) is 42.5 Å². The van der Waals surface area contributed by atoms with Gasteiger partial charge in [-0.2, -0.15) is 0 Å². The number of ether oxygens (including phenoxy) is 1. The molecule has 3 aromatic carbocycles. The molecule has 0 saturated heterocycles. The summed E-state index contributed by atoms with van der Waals surface area (Å²) in [5, 5.41) is 13.1. The molecule has 0 atom stereocenters. The first-order chi connectivity index (χ1) is 14.1. The second kappa shape index (κ2) is 7.81. The first-order valence-corrected chi connectivity index (χ1v) is 9.29. The number of benzene rings is 3. The summed E-state index contributed by atoms with van der Waals surface area (Å²) in [6, 6.07) is 21.2. The third kappa shape index (κ3) is 3.48. The summed E-state index contributed by atoms with van der Waals surface area (Å²) in [7, 11) is 1.54. The number of aliphatic hydroxyl groups excluding tert-OH is 1. The number of nitrogens with one attached hydrogen (secondary N) is 1. The molecule has 5 nitrogen and oxygen atoms in total. The molecule has 0 bridgehead atoms. The Balaban J connectivity index is 1.62. The summed E-state index contributed by atoms with van der Waals surface area (Å²) >= 11 is 0. The zero-order valence-corrected chi connectivity index (χ0v) is 16.2. The Morgan fingerprint density at radius 2 is 1.69 bits per heavy atom. The molecule has 4 aromatic rings. The highest BCUT2D eigenvalue weighted by atomic mass is 16.5. The molecule has 0 fully saturated rings. The van der Waals surface area contributed by atoms with E-state index in [-0.39, 0.29) is 18.3 Å². The van der Waals surface area contributed by atoms with Crippen LogP contribution in [0.15, 0.2) is 71.1 Å². The minimum Gasteiger partial charge on any atom is -0.496 e. The van der Waals surface area contributed by atoms with E-state index in [4.69, 9.17) is 9.15 Å². The molecule has 1 amide bonds. The SMILES string of the molecule is COc1c(CO)ccc2oc(C(=O)Nc3ccc(-c4ccccc4)cc3)c(C)c12. The van der Waals surface area contributed by atoms with E-state index in [0.29, 0.717) is 33.5 Å². The second-order valence-electron chi connectivity index (χ2n) is 6.74. The van der Waals surface area contributed by atoms with Crippen molar-refractivity contribution in [3.8, 4) is 16.9 Å². The van der Waals surface area contributed by atoms with Gasteiger partial charge in [0, 0.05) is 16.8 Å². The fourth-order valence-electron chi connectivity index (χ4n) is 3.49.